The summed E-state index contributed by atoms with van der Waals surface area (Å²) in [5.74, 6) is 0.916. The van der Waals surface area contributed by atoms with Crippen LogP contribution >= 0.6 is 0 Å². The van der Waals surface area contributed by atoms with E-state index in [0.717, 1.165) is 47.8 Å². The average molecular weight is 379 g/mol. The fourth-order valence-corrected chi connectivity index (χ4v) is 4.20. The Labute approximate surface area is 164 Å². The fraction of sp³-hybridized carbons (Fsp3) is 0.455. The van der Waals surface area contributed by atoms with E-state index in [1.165, 1.54) is 11.1 Å². The van der Waals surface area contributed by atoms with Crippen molar-refractivity contribution in [3.63, 3.8) is 0 Å². The van der Waals surface area contributed by atoms with Crippen LogP contribution in [0, 0.1) is 19.3 Å². The van der Waals surface area contributed by atoms with Crippen LogP contribution in [-0.4, -0.2) is 28.7 Å². The molecule has 28 heavy (non-hydrogen) atoms. The number of hydrogen-bond donors (Lipinski definition) is 0. The summed E-state index contributed by atoms with van der Waals surface area (Å²) in [4.78, 5) is 21.0. The zero-order valence-corrected chi connectivity index (χ0v) is 16.8. The molecule has 0 N–H and O–H groups in total. The molecule has 146 valence electrons. The first-order valence-electron chi connectivity index (χ1n) is 9.67. The molecule has 1 aliphatic carbocycles. The largest absolute Gasteiger partial charge is 0.391 e. The van der Waals surface area contributed by atoms with Gasteiger partial charge < -0.3 is 14.2 Å². The summed E-state index contributed by atoms with van der Waals surface area (Å²) in [6.07, 6.45) is 4.39. The summed E-state index contributed by atoms with van der Waals surface area (Å²) < 4.78 is 5.55. The van der Waals surface area contributed by atoms with Crippen molar-refractivity contribution in [3.8, 4) is 11.4 Å². The predicted molar refractivity (Wildman–Crippen MR) is 106 cm³/mol. The first-order chi connectivity index (χ1) is 13.4. The molecule has 0 bridgehead atoms. The number of aromatic nitrogens is 2. The van der Waals surface area contributed by atoms with E-state index in [1.54, 1.807) is 0 Å². The Morgan fingerprint density at radius 2 is 1.96 bits per heavy atom. The van der Waals surface area contributed by atoms with Crippen molar-refractivity contribution in [2.75, 3.05) is 6.61 Å². The molecule has 1 aromatic carbocycles. The van der Waals surface area contributed by atoms with E-state index in [2.05, 4.69) is 29.1 Å². The van der Waals surface area contributed by atoms with Crippen LogP contribution in [0.3, 0.4) is 0 Å². The molecule has 6 nitrogen and oxygen atoms in total. The Morgan fingerprint density at radius 3 is 2.68 bits per heavy atom. The molecule has 0 fully saturated rings. The van der Waals surface area contributed by atoms with E-state index < -0.39 is 0 Å². The maximum absolute atomic E-state index is 10.9. The maximum Gasteiger partial charge on any atom is 0.280 e. The van der Waals surface area contributed by atoms with Crippen LogP contribution in [0.2, 0.25) is 0 Å². The van der Waals surface area contributed by atoms with Crippen molar-refractivity contribution in [3.05, 3.63) is 45.9 Å². The van der Waals surface area contributed by atoms with Gasteiger partial charge in [-0.2, -0.15) is 4.98 Å². The second kappa shape index (κ2) is 7.00. The normalized spacial score (nSPS) is 18.4. The average Bonchev–Trinajstić information content (AvgIpc) is 3.13. The van der Waals surface area contributed by atoms with Gasteiger partial charge in [0, 0.05) is 12.0 Å². The van der Waals surface area contributed by atoms with Crippen LogP contribution in [0.25, 0.3) is 11.4 Å². The van der Waals surface area contributed by atoms with Gasteiger partial charge in [0.2, 0.25) is 5.82 Å². The Bertz CT molecular complexity index is 975. The van der Waals surface area contributed by atoms with Crippen molar-refractivity contribution in [1.29, 1.82) is 0 Å². The molecule has 4 rings (SSSR count). The molecule has 6 heteroatoms. The van der Waals surface area contributed by atoms with Gasteiger partial charge in [0.15, 0.2) is 5.71 Å². The highest BCUT2D eigenvalue weighted by atomic mass is 16.6. The van der Waals surface area contributed by atoms with E-state index in [-0.39, 0.29) is 5.41 Å². The molecule has 0 unspecified atom stereocenters. The van der Waals surface area contributed by atoms with E-state index in [9.17, 15) is 4.79 Å². The van der Waals surface area contributed by atoms with Crippen LogP contribution in [0.15, 0.2) is 33.0 Å². The zero-order chi connectivity index (χ0) is 19.9. The van der Waals surface area contributed by atoms with Gasteiger partial charge in [-0.05, 0) is 78.5 Å². The van der Waals surface area contributed by atoms with Gasteiger partial charge in [-0.1, -0.05) is 24.2 Å². The van der Waals surface area contributed by atoms with Gasteiger partial charge in [-0.15, -0.1) is 0 Å². The molecule has 2 aromatic rings. The molecule has 2 heterocycles. The van der Waals surface area contributed by atoms with E-state index >= 15 is 0 Å². The van der Waals surface area contributed by atoms with Crippen LogP contribution in [-0.2, 0) is 16.1 Å². The van der Waals surface area contributed by atoms with Gasteiger partial charge in [-0.3, -0.25) is 0 Å². The Morgan fingerprint density at radius 1 is 1.21 bits per heavy atom. The summed E-state index contributed by atoms with van der Waals surface area (Å²) in [6, 6.07) is 3.99. The maximum atomic E-state index is 10.9. The third-order valence-electron chi connectivity index (χ3n) is 5.72. The number of aryl methyl sites for hydroxylation is 2. The number of oxime groups is 1. The summed E-state index contributed by atoms with van der Waals surface area (Å²) in [5, 5.41) is 8.41. The minimum Gasteiger partial charge on any atom is -0.391 e. The van der Waals surface area contributed by atoms with Crippen molar-refractivity contribution in [1.82, 2.24) is 10.1 Å². The number of carbonyl (C=O) groups is 1. The second-order valence-corrected chi connectivity index (χ2v) is 8.52. The molecule has 0 saturated carbocycles. The van der Waals surface area contributed by atoms with Crippen LogP contribution in [0.5, 0.6) is 0 Å². The summed E-state index contributed by atoms with van der Waals surface area (Å²) in [6.45, 7) is 9.10. The van der Waals surface area contributed by atoms with Gasteiger partial charge in [0.1, 0.15) is 12.9 Å². The van der Waals surface area contributed by atoms with Gasteiger partial charge >= 0.3 is 0 Å². The number of nitrogens with zero attached hydrogens (tertiary/aromatic N) is 3. The summed E-state index contributed by atoms with van der Waals surface area (Å²) >= 11 is 0. The highest BCUT2D eigenvalue weighted by Crippen LogP contribution is 2.41. The molecule has 2 aliphatic rings. The Balaban J connectivity index is 1.66. The summed E-state index contributed by atoms with van der Waals surface area (Å²) in [7, 11) is 0. The lowest BCUT2D eigenvalue weighted by molar-refractivity contribution is -0.107. The number of allylic oxidation sites excluding steroid dienone is 1. The lowest BCUT2D eigenvalue weighted by atomic mass is 9.73. The van der Waals surface area contributed by atoms with E-state index in [1.807, 2.05) is 26.0 Å². The second-order valence-electron chi connectivity index (χ2n) is 8.52. The monoisotopic (exact) mass is 379 g/mol. The van der Waals surface area contributed by atoms with Crippen molar-refractivity contribution < 1.29 is 14.2 Å². The number of aldehydes is 1. The molecule has 1 aliphatic heterocycles. The first kappa shape index (κ1) is 18.6. The van der Waals surface area contributed by atoms with Crippen LogP contribution in [0.1, 0.15) is 55.7 Å². The molecular weight excluding hydrogens is 354 g/mol. The van der Waals surface area contributed by atoms with E-state index in [4.69, 9.17) is 9.36 Å². The topological polar surface area (TPSA) is 77.6 Å². The van der Waals surface area contributed by atoms with Gasteiger partial charge in [-0.25, -0.2) is 0 Å². The van der Waals surface area contributed by atoms with Gasteiger partial charge in [0.25, 0.3) is 5.89 Å². The fourth-order valence-electron chi connectivity index (χ4n) is 4.20. The standard InChI is InChI=1S/C22H25N3O3/c1-13-9-15(10-14(2)17(13)6-8-26)20-23-21(28-25-20)19-18-5-7-22(3,4)11-16(18)12-27-24-19/h8-10H,5-7,11-12H2,1-4H3. The van der Waals surface area contributed by atoms with Crippen LogP contribution < -0.4 is 0 Å². The number of hydrogen-bond acceptors (Lipinski definition) is 6. The van der Waals surface area contributed by atoms with Gasteiger partial charge in [0.05, 0.1) is 0 Å². The lowest BCUT2D eigenvalue weighted by Gasteiger charge is -2.34. The summed E-state index contributed by atoms with van der Waals surface area (Å²) in [5.41, 5.74) is 7.44. The minimum absolute atomic E-state index is 0.281. The highest BCUT2D eigenvalue weighted by Gasteiger charge is 2.33. The number of benzene rings is 1. The molecule has 0 spiro atoms. The van der Waals surface area contributed by atoms with Crippen molar-refractivity contribution >= 4 is 12.0 Å². The molecule has 0 amide bonds. The molecule has 0 saturated heterocycles. The Kier molecular flexibility index (Phi) is 4.65. The number of rotatable bonds is 4. The van der Waals surface area contributed by atoms with Crippen molar-refractivity contribution in [2.45, 2.75) is 53.4 Å². The zero-order valence-electron chi connectivity index (χ0n) is 16.8. The molecule has 0 atom stereocenters. The van der Waals surface area contributed by atoms with E-state index in [0.29, 0.717) is 30.5 Å². The minimum atomic E-state index is 0.281. The van der Waals surface area contributed by atoms with Crippen LogP contribution in [0.4, 0.5) is 0 Å². The number of carbonyl (C=O) groups excluding carboxylic acids is 1. The quantitative estimate of drug-likeness (QED) is 0.739. The Hall–Kier alpha value is -2.76. The first-order valence-corrected chi connectivity index (χ1v) is 9.67. The lowest BCUT2D eigenvalue weighted by Crippen LogP contribution is -2.26. The smallest absolute Gasteiger partial charge is 0.280 e. The SMILES string of the molecule is Cc1cc(-c2noc(C3=NOCC4=C3CCC(C)(C)C4)n2)cc(C)c1CC=O. The predicted octanol–water partition coefficient (Wildman–Crippen LogP) is 4.34. The third kappa shape index (κ3) is 3.39. The molecule has 0 radical (unpaired) electrons. The van der Waals surface area contributed by atoms with Crippen molar-refractivity contribution in [2.24, 2.45) is 10.6 Å². The highest BCUT2D eigenvalue weighted by molar-refractivity contribution is 6.10. The molecular formula is C22H25N3O3. The third-order valence-corrected chi connectivity index (χ3v) is 5.72. The molecule has 1 aromatic heterocycles.